The minimum Gasteiger partial charge on any atom is -0.352 e. The highest BCUT2D eigenvalue weighted by Gasteiger charge is 2.26. The fourth-order valence-electron chi connectivity index (χ4n) is 3.23. The average molecular weight is 430 g/mol. The molecule has 1 heterocycles. The fourth-order valence-corrected chi connectivity index (χ4v) is 3.23. The van der Waals surface area contributed by atoms with E-state index >= 15 is 0 Å². The zero-order valence-electron chi connectivity index (χ0n) is 16.2. The third-order valence-electron chi connectivity index (χ3n) is 4.92. The van der Waals surface area contributed by atoms with Crippen LogP contribution in [0.25, 0.3) is 5.83 Å². The summed E-state index contributed by atoms with van der Waals surface area (Å²) in [4.78, 5) is 0. The number of aryl methyl sites for hydroxylation is 1. The van der Waals surface area contributed by atoms with Crippen LogP contribution in [-0.4, -0.2) is 19.5 Å². The highest BCUT2D eigenvalue weighted by atomic mass is 19.2. The Kier molecular flexibility index (Phi) is 7.20. The van der Waals surface area contributed by atoms with Gasteiger partial charge < -0.3 is 9.47 Å². The van der Waals surface area contributed by atoms with Crippen LogP contribution in [0.3, 0.4) is 0 Å². The van der Waals surface area contributed by atoms with Gasteiger partial charge in [0.15, 0.2) is 29.6 Å². The number of allylic oxidation sites excluding steroid dienone is 1. The molecule has 0 spiro atoms. The summed E-state index contributed by atoms with van der Waals surface area (Å²) in [7, 11) is 0. The van der Waals surface area contributed by atoms with E-state index in [0.717, 1.165) is 18.2 Å². The molecule has 1 fully saturated rings. The largest absolute Gasteiger partial charge is 0.352 e. The monoisotopic (exact) mass is 430 g/mol. The molecule has 1 aliphatic rings. The van der Waals surface area contributed by atoms with Crippen LogP contribution in [0.15, 0.2) is 36.2 Å². The summed E-state index contributed by atoms with van der Waals surface area (Å²) in [5.41, 5.74) is 0.339. The van der Waals surface area contributed by atoms with E-state index in [4.69, 9.17) is 9.47 Å². The van der Waals surface area contributed by atoms with E-state index in [1.165, 1.54) is 19.1 Å². The molecule has 0 N–H and O–H groups in total. The summed E-state index contributed by atoms with van der Waals surface area (Å²) in [5.74, 6) is -7.23. The van der Waals surface area contributed by atoms with Crippen LogP contribution >= 0.6 is 0 Å². The lowest BCUT2D eigenvalue weighted by atomic mass is 9.97. The van der Waals surface area contributed by atoms with Crippen molar-refractivity contribution in [3.63, 3.8) is 0 Å². The van der Waals surface area contributed by atoms with Gasteiger partial charge in [0, 0.05) is 17.9 Å². The summed E-state index contributed by atoms with van der Waals surface area (Å²) >= 11 is 0. The molecular formula is C22H20F6O2. The lowest BCUT2D eigenvalue weighted by Gasteiger charge is -2.30. The van der Waals surface area contributed by atoms with Crippen molar-refractivity contribution in [3.05, 3.63) is 76.1 Å². The first-order valence-electron chi connectivity index (χ1n) is 9.50. The lowest BCUT2D eigenvalue weighted by Crippen LogP contribution is -2.31. The average Bonchev–Trinajstić information content (AvgIpc) is 2.75. The second kappa shape index (κ2) is 9.66. The van der Waals surface area contributed by atoms with Gasteiger partial charge in [-0.2, -0.15) is 0 Å². The molecular weight excluding hydrogens is 410 g/mol. The number of hydrogen-bond acceptors (Lipinski definition) is 2. The molecule has 30 heavy (non-hydrogen) atoms. The Hall–Kier alpha value is -2.32. The van der Waals surface area contributed by atoms with Gasteiger partial charge in [-0.05, 0) is 42.2 Å². The van der Waals surface area contributed by atoms with Gasteiger partial charge in [-0.3, -0.25) is 0 Å². The van der Waals surface area contributed by atoms with Crippen molar-refractivity contribution < 1.29 is 35.8 Å². The second-order valence-electron chi connectivity index (χ2n) is 7.01. The van der Waals surface area contributed by atoms with Crippen molar-refractivity contribution in [1.29, 1.82) is 0 Å². The Morgan fingerprint density at radius 3 is 2.13 bits per heavy atom. The van der Waals surface area contributed by atoms with Crippen LogP contribution in [0.1, 0.15) is 42.4 Å². The van der Waals surface area contributed by atoms with Crippen LogP contribution in [0.2, 0.25) is 0 Å². The molecule has 3 rings (SSSR count). The van der Waals surface area contributed by atoms with Crippen molar-refractivity contribution >= 4 is 5.83 Å². The molecule has 2 nitrogen and oxygen atoms in total. The molecule has 0 radical (unpaired) electrons. The lowest BCUT2D eigenvalue weighted by molar-refractivity contribution is -0.189. The minimum absolute atomic E-state index is 0.120. The van der Waals surface area contributed by atoms with Crippen LogP contribution in [0, 0.1) is 23.3 Å². The summed E-state index contributed by atoms with van der Waals surface area (Å²) in [6, 6.07) is 5.43. The van der Waals surface area contributed by atoms with Gasteiger partial charge in [0.2, 0.25) is 0 Å². The Bertz CT molecular complexity index is 912. The van der Waals surface area contributed by atoms with Gasteiger partial charge >= 0.3 is 0 Å². The van der Waals surface area contributed by atoms with E-state index in [1.54, 1.807) is 0 Å². The highest BCUT2D eigenvalue weighted by Crippen LogP contribution is 2.30. The Morgan fingerprint density at radius 2 is 1.57 bits per heavy atom. The standard InChI is InChI=1S/C22H20F6O2/c1-2-16(23)21(27)13-4-5-15(17(24)9-13)14-10-29-20(30-11-14)6-3-12-7-18(25)22(28)19(26)8-12/h4-5,7-9,14,20H,2-3,6,10-11H2,1H3/b21-16+. The van der Waals surface area contributed by atoms with Crippen molar-refractivity contribution in [1.82, 2.24) is 0 Å². The quantitative estimate of drug-likeness (QED) is 0.393. The maximum absolute atomic E-state index is 14.4. The SMILES string of the molecule is CC/C(F)=C(\F)c1ccc(C2COC(CCc3cc(F)c(F)c(F)c3)OC2)c(F)c1. The first-order chi connectivity index (χ1) is 14.3. The second-order valence-corrected chi connectivity index (χ2v) is 7.01. The van der Waals surface area contributed by atoms with Gasteiger partial charge in [0.25, 0.3) is 0 Å². The summed E-state index contributed by atoms with van der Waals surface area (Å²) in [5, 5.41) is 0. The highest BCUT2D eigenvalue weighted by molar-refractivity contribution is 5.61. The van der Waals surface area contributed by atoms with Crippen molar-refractivity contribution in [3.8, 4) is 0 Å². The van der Waals surface area contributed by atoms with Gasteiger partial charge in [-0.15, -0.1) is 0 Å². The summed E-state index contributed by atoms with van der Waals surface area (Å²) in [6.07, 6.45) is -0.330. The Balaban J connectivity index is 1.58. The minimum atomic E-state index is -1.52. The molecule has 0 unspecified atom stereocenters. The maximum atomic E-state index is 14.4. The van der Waals surface area contributed by atoms with E-state index in [0.29, 0.717) is 0 Å². The molecule has 0 aromatic heterocycles. The molecule has 0 atom stereocenters. The molecule has 162 valence electrons. The molecule has 2 aromatic carbocycles. The number of ether oxygens (including phenoxy) is 2. The van der Waals surface area contributed by atoms with Gasteiger partial charge in [-0.25, -0.2) is 26.3 Å². The first kappa shape index (κ1) is 22.4. The van der Waals surface area contributed by atoms with E-state index in [2.05, 4.69) is 0 Å². The summed E-state index contributed by atoms with van der Waals surface area (Å²) in [6.45, 7) is 1.69. The third-order valence-corrected chi connectivity index (χ3v) is 4.92. The Labute approximate surface area is 170 Å². The van der Waals surface area contributed by atoms with Gasteiger partial charge in [0.1, 0.15) is 11.6 Å². The topological polar surface area (TPSA) is 18.5 Å². The number of rotatable bonds is 6. The van der Waals surface area contributed by atoms with Crippen LogP contribution in [0.5, 0.6) is 0 Å². The zero-order valence-corrected chi connectivity index (χ0v) is 16.2. The van der Waals surface area contributed by atoms with E-state index in [9.17, 15) is 26.3 Å². The maximum Gasteiger partial charge on any atom is 0.194 e. The van der Waals surface area contributed by atoms with Crippen molar-refractivity contribution in [2.75, 3.05) is 13.2 Å². The molecule has 2 aromatic rings. The van der Waals surface area contributed by atoms with Gasteiger partial charge in [-0.1, -0.05) is 19.1 Å². The molecule has 0 saturated carbocycles. The molecule has 1 saturated heterocycles. The molecule has 0 aliphatic carbocycles. The Morgan fingerprint density at radius 1 is 0.933 bits per heavy atom. The summed E-state index contributed by atoms with van der Waals surface area (Å²) < 4.78 is 92.3. The van der Waals surface area contributed by atoms with Gasteiger partial charge in [0.05, 0.1) is 13.2 Å². The first-order valence-corrected chi connectivity index (χ1v) is 9.50. The van der Waals surface area contributed by atoms with Crippen molar-refractivity contribution in [2.45, 2.75) is 38.4 Å². The van der Waals surface area contributed by atoms with Crippen LogP contribution in [0.4, 0.5) is 26.3 Å². The van der Waals surface area contributed by atoms with E-state index < -0.39 is 47.1 Å². The predicted molar refractivity (Wildman–Crippen MR) is 98.9 cm³/mol. The third kappa shape index (κ3) is 5.05. The molecule has 0 amide bonds. The van der Waals surface area contributed by atoms with Crippen molar-refractivity contribution in [2.24, 2.45) is 0 Å². The normalized spacial score (nSPS) is 20.2. The molecule has 8 heteroatoms. The zero-order chi connectivity index (χ0) is 21.8. The smallest absolute Gasteiger partial charge is 0.194 e. The predicted octanol–water partition coefficient (Wildman–Crippen LogP) is 6.35. The number of hydrogen-bond donors (Lipinski definition) is 0. The fraction of sp³-hybridized carbons (Fsp3) is 0.364. The number of halogens is 6. The number of benzene rings is 2. The molecule has 1 aliphatic heterocycles. The van der Waals surface area contributed by atoms with Crippen LogP contribution in [-0.2, 0) is 15.9 Å². The molecule has 0 bridgehead atoms. The van der Waals surface area contributed by atoms with E-state index in [-0.39, 0.29) is 49.2 Å². The van der Waals surface area contributed by atoms with Crippen LogP contribution < -0.4 is 0 Å². The van der Waals surface area contributed by atoms with E-state index in [1.807, 2.05) is 0 Å².